The molecule has 2 aliphatic rings. The van der Waals surface area contributed by atoms with E-state index in [-0.39, 0.29) is 36.0 Å². The Morgan fingerprint density at radius 3 is 2.25 bits per heavy atom. The van der Waals surface area contributed by atoms with Crippen LogP contribution in [-0.2, 0) is 35.3 Å². The van der Waals surface area contributed by atoms with Crippen LogP contribution in [0.4, 0.5) is 18.0 Å². The van der Waals surface area contributed by atoms with Crippen LogP contribution in [0.3, 0.4) is 0 Å². The number of carbonyl (C=O) groups excluding carboxylic acids is 4. The van der Waals surface area contributed by atoms with Crippen molar-refractivity contribution in [3.05, 3.63) is 48.7 Å². The van der Waals surface area contributed by atoms with Crippen molar-refractivity contribution in [1.29, 1.82) is 0 Å². The van der Waals surface area contributed by atoms with Crippen LogP contribution in [-0.4, -0.2) is 83.2 Å². The molecule has 1 aliphatic heterocycles. The summed E-state index contributed by atoms with van der Waals surface area (Å²) >= 11 is 0. The standard InChI is InChI=1S/C35H46F3N5O8S/c1-9-16-34(8,30(46)42-52(48,49)21-14-15-21)41-28(44)24-17-20(50-25-18-26(35(36,37)38)39-23-13-11-10-12-22(23)25)19-43(24)29(45)27(32(2,3)4)40-31(47)51-33(5,6)7/h9-13,18,20-21,24,27H,1,14-17,19H2,2-8H3,(H,40,47)(H,41,44)(H,42,46)/t20-,24+,27-,34-/m1/s1. The van der Waals surface area contributed by atoms with Crippen molar-refractivity contribution >= 4 is 44.7 Å². The van der Waals surface area contributed by atoms with E-state index in [0.29, 0.717) is 12.8 Å². The lowest BCUT2D eigenvalue weighted by atomic mass is 9.85. The van der Waals surface area contributed by atoms with E-state index in [1.54, 1.807) is 47.6 Å². The third-order valence-electron chi connectivity index (χ3n) is 8.54. The number of benzene rings is 1. The number of fused-ring (bicyclic) bond motifs is 1. The number of sulfonamides is 1. The van der Waals surface area contributed by atoms with Crippen molar-refractivity contribution in [2.24, 2.45) is 5.41 Å². The maximum atomic E-state index is 14.4. The molecule has 0 unspecified atom stereocenters. The molecule has 1 aromatic carbocycles. The normalized spacial score (nSPS) is 20.0. The molecule has 0 bridgehead atoms. The van der Waals surface area contributed by atoms with E-state index in [9.17, 15) is 40.8 Å². The largest absolute Gasteiger partial charge is 0.488 e. The van der Waals surface area contributed by atoms with Gasteiger partial charge in [0.25, 0.3) is 5.91 Å². The lowest BCUT2D eigenvalue weighted by Crippen LogP contribution is -2.62. The lowest BCUT2D eigenvalue weighted by molar-refractivity contribution is -0.143. The molecule has 286 valence electrons. The molecule has 0 radical (unpaired) electrons. The molecule has 2 heterocycles. The van der Waals surface area contributed by atoms with Crippen molar-refractivity contribution in [2.45, 2.75) is 115 Å². The minimum atomic E-state index is -4.81. The van der Waals surface area contributed by atoms with Gasteiger partial charge in [-0.3, -0.25) is 19.1 Å². The number of likely N-dealkylation sites (tertiary alicyclic amines) is 1. The van der Waals surface area contributed by atoms with Gasteiger partial charge >= 0.3 is 12.3 Å². The van der Waals surface area contributed by atoms with E-state index in [4.69, 9.17) is 9.47 Å². The Hall–Kier alpha value is -4.41. The molecule has 17 heteroatoms. The first-order chi connectivity index (χ1) is 23.8. The smallest absolute Gasteiger partial charge is 0.433 e. The molecule has 1 aromatic heterocycles. The van der Waals surface area contributed by atoms with Gasteiger partial charge in [0, 0.05) is 17.9 Å². The summed E-state index contributed by atoms with van der Waals surface area (Å²) in [6, 6.07) is 4.13. The molecule has 1 aliphatic carbocycles. The number of alkyl halides is 3. The number of hydrogen-bond acceptors (Lipinski definition) is 9. The first-order valence-corrected chi connectivity index (χ1v) is 18.3. The van der Waals surface area contributed by atoms with Crippen molar-refractivity contribution in [3.63, 3.8) is 0 Å². The second kappa shape index (κ2) is 14.5. The highest BCUT2D eigenvalue weighted by Gasteiger charge is 2.49. The van der Waals surface area contributed by atoms with Crippen LogP contribution in [0.15, 0.2) is 43.0 Å². The Kier molecular flexibility index (Phi) is 11.3. The fourth-order valence-corrected chi connectivity index (χ4v) is 7.14. The number of amides is 4. The molecular weight excluding hydrogens is 707 g/mol. The summed E-state index contributed by atoms with van der Waals surface area (Å²) in [5.74, 6) is -2.80. The average Bonchev–Trinajstić information content (AvgIpc) is 3.78. The summed E-state index contributed by atoms with van der Waals surface area (Å²) in [5.41, 5.74) is -4.88. The second-order valence-corrected chi connectivity index (χ2v) is 17.4. The Morgan fingerprint density at radius 1 is 1.06 bits per heavy atom. The highest BCUT2D eigenvalue weighted by Crippen LogP contribution is 2.36. The monoisotopic (exact) mass is 753 g/mol. The summed E-state index contributed by atoms with van der Waals surface area (Å²) in [6.45, 7) is 14.6. The number of rotatable bonds is 11. The van der Waals surface area contributed by atoms with Crippen LogP contribution in [0.5, 0.6) is 5.75 Å². The summed E-state index contributed by atoms with van der Waals surface area (Å²) in [7, 11) is -4.00. The Bertz CT molecular complexity index is 1840. The van der Waals surface area contributed by atoms with Crippen LogP contribution in [0.25, 0.3) is 10.9 Å². The van der Waals surface area contributed by atoms with Crippen LogP contribution < -0.4 is 20.1 Å². The predicted molar refractivity (Wildman–Crippen MR) is 185 cm³/mol. The summed E-state index contributed by atoms with van der Waals surface area (Å²) < 4.78 is 80.3. The van der Waals surface area contributed by atoms with E-state index in [0.717, 1.165) is 11.0 Å². The third-order valence-corrected chi connectivity index (χ3v) is 10.4. The Balaban J connectivity index is 1.71. The minimum Gasteiger partial charge on any atom is -0.488 e. The van der Waals surface area contributed by atoms with Gasteiger partial charge in [0.15, 0.2) is 0 Å². The Morgan fingerprint density at radius 2 is 1.69 bits per heavy atom. The van der Waals surface area contributed by atoms with Crippen LogP contribution >= 0.6 is 0 Å². The minimum absolute atomic E-state index is 0.00857. The summed E-state index contributed by atoms with van der Waals surface area (Å²) in [6.07, 6.45) is -5.11. The Labute approximate surface area is 301 Å². The molecule has 4 amide bonds. The molecule has 1 saturated carbocycles. The molecule has 3 N–H and O–H groups in total. The fourth-order valence-electron chi connectivity index (χ4n) is 5.73. The van der Waals surface area contributed by atoms with Crippen molar-refractivity contribution < 1.29 is 50.2 Å². The van der Waals surface area contributed by atoms with Gasteiger partial charge in [-0.1, -0.05) is 39.0 Å². The fraction of sp³-hybridized carbons (Fsp3) is 0.571. The number of halogens is 3. The van der Waals surface area contributed by atoms with Crippen LogP contribution in [0, 0.1) is 5.41 Å². The molecule has 4 rings (SSSR count). The van der Waals surface area contributed by atoms with E-state index < -0.39 is 85.7 Å². The zero-order valence-corrected chi connectivity index (χ0v) is 31.0. The van der Waals surface area contributed by atoms with Gasteiger partial charge in [0.05, 0.1) is 17.3 Å². The molecule has 4 atom stereocenters. The maximum Gasteiger partial charge on any atom is 0.433 e. The van der Waals surface area contributed by atoms with E-state index in [1.807, 2.05) is 4.72 Å². The number of aromatic nitrogens is 1. The van der Waals surface area contributed by atoms with Gasteiger partial charge in [-0.15, -0.1) is 6.58 Å². The van der Waals surface area contributed by atoms with Crippen LogP contribution in [0.2, 0.25) is 0 Å². The average molecular weight is 754 g/mol. The number of nitrogens with zero attached hydrogens (tertiary/aromatic N) is 2. The van der Waals surface area contributed by atoms with Crippen LogP contribution in [0.1, 0.15) is 79.8 Å². The summed E-state index contributed by atoms with van der Waals surface area (Å²) in [5, 5.41) is 4.71. The molecule has 1 saturated heterocycles. The van der Waals surface area contributed by atoms with Gasteiger partial charge in [-0.25, -0.2) is 18.2 Å². The van der Waals surface area contributed by atoms with E-state index in [2.05, 4.69) is 22.2 Å². The van der Waals surface area contributed by atoms with Gasteiger partial charge < -0.3 is 25.0 Å². The zero-order valence-electron chi connectivity index (χ0n) is 30.2. The molecule has 2 aromatic rings. The number of nitrogens with one attached hydrogen (secondary N) is 3. The second-order valence-electron chi connectivity index (χ2n) is 15.4. The SMILES string of the molecule is C=CC[C@@](C)(NC(=O)[C@@H]1C[C@@H](Oc2cc(C(F)(F)F)nc3ccccc23)CN1C(=O)[C@@H](NC(=O)OC(C)(C)C)C(C)(C)C)C(=O)NS(=O)(=O)C1CC1. The lowest BCUT2D eigenvalue weighted by Gasteiger charge is -2.36. The van der Waals surface area contributed by atoms with Gasteiger partial charge in [0.2, 0.25) is 21.8 Å². The quantitative estimate of drug-likeness (QED) is 0.277. The van der Waals surface area contributed by atoms with E-state index in [1.165, 1.54) is 31.2 Å². The molecule has 2 fully saturated rings. The zero-order chi connectivity index (χ0) is 39.0. The molecule has 52 heavy (non-hydrogen) atoms. The van der Waals surface area contributed by atoms with Gasteiger partial charge in [-0.05, 0) is 64.5 Å². The number of pyridine rings is 1. The molecule has 13 nitrogen and oxygen atoms in total. The number of carbonyl (C=O) groups is 4. The predicted octanol–water partition coefficient (Wildman–Crippen LogP) is 4.60. The highest BCUT2D eigenvalue weighted by atomic mass is 32.2. The van der Waals surface area contributed by atoms with Gasteiger partial charge in [-0.2, -0.15) is 13.2 Å². The molecule has 0 spiro atoms. The maximum absolute atomic E-state index is 14.4. The first-order valence-electron chi connectivity index (χ1n) is 16.8. The summed E-state index contributed by atoms with van der Waals surface area (Å²) in [4.78, 5) is 59.6. The number of hydrogen-bond donors (Lipinski definition) is 3. The molecular formula is C35H46F3N5O8S. The highest BCUT2D eigenvalue weighted by molar-refractivity contribution is 7.91. The number of alkyl carbamates (subject to hydrolysis) is 1. The number of ether oxygens (including phenoxy) is 2. The van der Waals surface area contributed by atoms with Crippen molar-refractivity contribution in [3.8, 4) is 5.75 Å². The van der Waals surface area contributed by atoms with E-state index >= 15 is 0 Å². The number of para-hydroxylation sites is 1. The first kappa shape index (κ1) is 40.4. The van der Waals surface area contributed by atoms with Gasteiger partial charge in [0.1, 0.15) is 40.8 Å². The third kappa shape index (κ3) is 9.72. The van der Waals surface area contributed by atoms with Crippen molar-refractivity contribution in [1.82, 2.24) is 25.2 Å². The van der Waals surface area contributed by atoms with Crippen molar-refractivity contribution in [2.75, 3.05) is 6.54 Å². The topological polar surface area (TPSA) is 173 Å².